The molecule has 0 unspecified atom stereocenters. The first-order valence-electron chi connectivity index (χ1n) is 9.48. The van der Waals surface area contributed by atoms with E-state index >= 15 is 0 Å². The first-order valence-corrected chi connectivity index (χ1v) is 9.48. The zero-order valence-corrected chi connectivity index (χ0v) is 14.9. The van der Waals surface area contributed by atoms with E-state index in [1.54, 1.807) is 0 Å². The fourth-order valence-corrected chi connectivity index (χ4v) is 4.98. The lowest BCUT2D eigenvalue weighted by Gasteiger charge is -2.26. The minimum atomic E-state index is 0.143. The molecule has 2 atom stereocenters. The number of aromatic nitrogens is 3. The van der Waals surface area contributed by atoms with Gasteiger partial charge in [-0.1, -0.05) is 36.8 Å². The van der Waals surface area contributed by atoms with E-state index in [-0.39, 0.29) is 5.41 Å². The monoisotopic (exact) mass is 348 g/mol. The molecule has 1 aromatic carbocycles. The van der Waals surface area contributed by atoms with Crippen LogP contribution in [-0.4, -0.2) is 44.3 Å². The average Bonchev–Trinajstić information content (AvgIpc) is 3.34. The Kier molecular flexibility index (Phi) is 3.80. The lowest BCUT2D eigenvalue weighted by atomic mass is 9.82. The number of hydrogen-bond acceptors (Lipinski definition) is 4. The summed E-state index contributed by atoms with van der Waals surface area (Å²) >= 11 is 0. The Labute approximate surface area is 153 Å². The number of rotatable bonds is 4. The van der Waals surface area contributed by atoms with E-state index in [2.05, 4.69) is 28.3 Å². The van der Waals surface area contributed by atoms with Gasteiger partial charge in [-0.05, 0) is 24.3 Å². The molecule has 1 saturated carbocycles. The second-order valence-corrected chi connectivity index (χ2v) is 7.93. The highest BCUT2D eigenvalue weighted by atomic mass is 16.3. The summed E-state index contributed by atoms with van der Waals surface area (Å²) in [4.78, 5) is 7.17. The van der Waals surface area contributed by atoms with E-state index in [0.29, 0.717) is 12.5 Å². The molecular weight excluding hydrogens is 324 g/mol. The predicted octanol–water partition coefficient (Wildman–Crippen LogP) is 2.99. The fourth-order valence-electron chi connectivity index (χ4n) is 4.98. The van der Waals surface area contributed by atoms with Crippen molar-refractivity contribution >= 4 is 5.65 Å². The van der Waals surface area contributed by atoms with Crippen LogP contribution in [0.2, 0.25) is 0 Å². The zero-order valence-electron chi connectivity index (χ0n) is 14.9. The number of nitrogens with zero attached hydrogens (tertiary/aromatic N) is 4. The summed E-state index contributed by atoms with van der Waals surface area (Å²) in [7, 11) is 0. The average molecular weight is 348 g/mol. The standard InChI is InChI=1S/C21H24N4O/c26-15-21-8-4-7-18(21)13-24(14-21)11-16-9-22-20-19(10-23-25(20)12-16)17-5-2-1-3-6-17/h1-3,5-6,9-10,12,18,26H,4,7-8,11,13-15H2/t18-,21+/m0/s1. The van der Waals surface area contributed by atoms with Gasteiger partial charge in [0.2, 0.25) is 0 Å². The first-order chi connectivity index (χ1) is 12.8. The second kappa shape index (κ2) is 6.18. The van der Waals surface area contributed by atoms with Gasteiger partial charge in [0, 0.05) is 48.6 Å². The second-order valence-electron chi connectivity index (χ2n) is 7.93. The Morgan fingerprint density at radius 1 is 1.19 bits per heavy atom. The van der Waals surface area contributed by atoms with E-state index in [4.69, 9.17) is 4.98 Å². The van der Waals surface area contributed by atoms with Gasteiger partial charge < -0.3 is 5.11 Å². The molecule has 5 rings (SSSR count). The van der Waals surface area contributed by atoms with Gasteiger partial charge >= 0.3 is 0 Å². The number of aliphatic hydroxyl groups excluding tert-OH is 1. The molecule has 0 radical (unpaired) electrons. The Hall–Kier alpha value is -2.24. The Balaban J connectivity index is 1.38. The third-order valence-corrected chi connectivity index (χ3v) is 6.33. The molecule has 1 aliphatic carbocycles. The number of hydrogen-bond donors (Lipinski definition) is 1. The molecule has 2 fully saturated rings. The van der Waals surface area contributed by atoms with Crippen LogP contribution in [0, 0.1) is 11.3 Å². The van der Waals surface area contributed by atoms with Crippen LogP contribution in [0.25, 0.3) is 16.8 Å². The van der Waals surface area contributed by atoms with Gasteiger partial charge in [-0.3, -0.25) is 4.90 Å². The molecule has 0 amide bonds. The molecule has 3 heterocycles. The Morgan fingerprint density at radius 3 is 2.88 bits per heavy atom. The van der Waals surface area contributed by atoms with Gasteiger partial charge in [-0.15, -0.1) is 0 Å². The summed E-state index contributed by atoms with van der Waals surface area (Å²) < 4.78 is 1.89. The van der Waals surface area contributed by atoms with Crippen LogP contribution in [0.3, 0.4) is 0 Å². The van der Waals surface area contributed by atoms with Crippen molar-refractivity contribution in [2.45, 2.75) is 25.8 Å². The van der Waals surface area contributed by atoms with Crippen LogP contribution in [0.5, 0.6) is 0 Å². The summed E-state index contributed by atoms with van der Waals surface area (Å²) in [6.07, 6.45) is 9.65. The highest BCUT2D eigenvalue weighted by Crippen LogP contribution is 2.48. The summed E-state index contributed by atoms with van der Waals surface area (Å²) in [5, 5.41) is 14.4. The van der Waals surface area contributed by atoms with E-state index in [0.717, 1.165) is 36.4 Å². The van der Waals surface area contributed by atoms with Crippen molar-refractivity contribution in [2.75, 3.05) is 19.7 Å². The summed E-state index contributed by atoms with van der Waals surface area (Å²) in [6, 6.07) is 10.3. The first kappa shape index (κ1) is 16.0. The van der Waals surface area contributed by atoms with E-state index in [1.807, 2.05) is 35.1 Å². The third-order valence-electron chi connectivity index (χ3n) is 6.33. The van der Waals surface area contributed by atoms with E-state index in [9.17, 15) is 5.11 Å². The molecule has 0 bridgehead atoms. The molecule has 26 heavy (non-hydrogen) atoms. The number of likely N-dealkylation sites (tertiary alicyclic amines) is 1. The van der Waals surface area contributed by atoms with Crippen molar-refractivity contribution in [1.29, 1.82) is 0 Å². The highest BCUT2D eigenvalue weighted by molar-refractivity contribution is 5.76. The van der Waals surface area contributed by atoms with Crippen molar-refractivity contribution < 1.29 is 5.11 Å². The molecule has 2 aliphatic rings. The minimum absolute atomic E-state index is 0.143. The maximum atomic E-state index is 9.91. The van der Waals surface area contributed by atoms with Crippen LogP contribution in [-0.2, 0) is 6.54 Å². The number of benzene rings is 1. The highest BCUT2D eigenvalue weighted by Gasteiger charge is 2.48. The molecular formula is C21H24N4O. The van der Waals surface area contributed by atoms with Gasteiger partial charge in [0.1, 0.15) is 0 Å². The molecule has 0 spiro atoms. The van der Waals surface area contributed by atoms with Crippen LogP contribution in [0.15, 0.2) is 48.9 Å². The number of aliphatic hydroxyl groups is 1. The molecule has 134 valence electrons. The van der Waals surface area contributed by atoms with Crippen molar-refractivity contribution in [3.8, 4) is 11.1 Å². The number of fused-ring (bicyclic) bond motifs is 2. The van der Waals surface area contributed by atoms with Crippen molar-refractivity contribution in [3.05, 3.63) is 54.5 Å². The molecule has 1 N–H and O–H groups in total. The lowest BCUT2D eigenvalue weighted by Crippen LogP contribution is -2.30. The van der Waals surface area contributed by atoms with Gasteiger partial charge in [0.05, 0.1) is 12.8 Å². The quantitative estimate of drug-likeness (QED) is 0.787. The van der Waals surface area contributed by atoms with Gasteiger partial charge in [-0.25, -0.2) is 9.50 Å². The van der Waals surface area contributed by atoms with Crippen LogP contribution in [0.1, 0.15) is 24.8 Å². The van der Waals surface area contributed by atoms with Gasteiger partial charge in [0.25, 0.3) is 0 Å². The van der Waals surface area contributed by atoms with Crippen molar-refractivity contribution in [2.24, 2.45) is 11.3 Å². The van der Waals surface area contributed by atoms with Gasteiger partial charge in [0.15, 0.2) is 5.65 Å². The minimum Gasteiger partial charge on any atom is -0.396 e. The Morgan fingerprint density at radius 2 is 2.08 bits per heavy atom. The summed E-state index contributed by atoms with van der Waals surface area (Å²) in [5.74, 6) is 0.651. The Bertz CT molecular complexity index is 922. The van der Waals surface area contributed by atoms with Crippen molar-refractivity contribution in [3.63, 3.8) is 0 Å². The zero-order chi connectivity index (χ0) is 17.6. The summed E-state index contributed by atoms with van der Waals surface area (Å²) in [5.41, 5.74) is 4.41. The van der Waals surface area contributed by atoms with Crippen LogP contribution in [0.4, 0.5) is 0 Å². The maximum Gasteiger partial charge on any atom is 0.162 e. The van der Waals surface area contributed by atoms with E-state index in [1.165, 1.54) is 24.8 Å². The normalized spacial score (nSPS) is 25.8. The molecule has 3 aromatic rings. The van der Waals surface area contributed by atoms with Crippen molar-refractivity contribution in [1.82, 2.24) is 19.5 Å². The van der Waals surface area contributed by atoms with Crippen LogP contribution >= 0.6 is 0 Å². The molecule has 5 heteroatoms. The predicted molar refractivity (Wildman–Crippen MR) is 101 cm³/mol. The lowest BCUT2D eigenvalue weighted by molar-refractivity contribution is 0.111. The largest absolute Gasteiger partial charge is 0.396 e. The van der Waals surface area contributed by atoms with Gasteiger partial charge in [-0.2, -0.15) is 5.10 Å². The molecule has 1 aliphatic heterocycles. The third kappa shape index (κ3) is 2.54. The fraction of sp³-hybridized carbons (Fsp3) is 0.429. The molecule has 2 aromatic heterocycles. The molecule has 5 nitrogen and oxygen atoms in total. The smallest absolute Gasteiger partial charge is 0.162 e. The van der Waals surface area contributed by atoms with E-state index < -0.39 is 0 Å². The van der Waals surface area contributed by atoms with Crippen LogP contribution < -0.4 is 0 Å². The summed E-state index contributed by atoms with van der Waals surface area (Å²) in [6.45, 7) is 3.29. The topological polar surface area (TPSA) is 53.7 Å². The SMILES string of the molecule is OC[C@]12CCC[C@H]1CN(Cc1cnc3c(-c4ccccc4)cnn3c1)C2. The molecule has 1 saturated heterocycles. The maximum absolute atomic E-state index is 9.91.